The van der Waals surface area contributed by atoms with Gasteiger partial charge in [0.05, 0.1) is 4.90 Å². The fourth-order valence-corrected chi connectivity index (χ4v) is 4.83. The summed E-state index contributed by atoms with van der Waals surface area (Å²) in [5.41, 5.74) is 3.93. The lowest BCUT2D eigenvalue weighted by Crippen LogP contribution is -2.20. The molecule has 1 amide bonds. The molecule has 33 heavy (non-hydrogen) atoms. The lowest BCUT2D eigenvalue weighted by Gasteiger charge is -2.14. The number of aryl methyl sites for hydroxylation is 2. The zero-order chi connectivity index (χ0) is 24.2. The van der Waals surface area contributed by atoms with E-state index in [1.807, 2.05) is 38.1 Å². The Morgan fingerprint density at radius 2 is 1.58 bits per heavy atom. The average molecular weight is 531 g/mol. The fraction of sp³-hybridized carbons (Fsp3) is 0.240. The minimum absolute atomic E-state index is 0.104. The van der Waals surface area contributed by atoms with Gasteiger partial charge in [-0.3, -0.25) is 9.52 Å². The third-order valence-corrected chi connectivity index (χ3v) is 6.77. The van der Waals surface area contributed by atoms with E-state index in [4.69, 9.17) is 4.74 Å². The number of nitrogens with one attached hydrogen (secondary N) is 2. The van der Waals surface area contributed by atoms with E-state index in [9.17, 15) is 13.2 Å². The molecule has 0 spiro atoms. The van der Waals surface area contributed by atoms with Crippen molar-refractivity contribution in [1.29, 1.82) is 0 Å². The molecule has 0 aromatic heterocycles. The van der Waals surface area contributed by atoms with Gasteiger partial charge in [0.15, 0.2) is 6.61 Å². The van der Waals surface area contributed by atoms with Crippen molar-refractivity contribution >= 4 is 43.2 Å². The van der Waals surface area contributed by atoms with E-state index < -0.39 is 10.0 Å². The van der Waals surface area contributed by atoms with Crippen LogP contribution in [0.25, 0.3) is 0 Å². The summed E-state index contributed by atoms with van der Waals surface area (Å²) in [6.45, 7) is 7.77. The highest BCUT2D eigenvalue weighted by molar-refractivity contribution is 9.10. The molecule has 0 bridgehead atoms. The van der Waals surface area contributed by atoms with Crippen molar-refractivity contribution in [2.24, 2.45) is 0 Å². The summed E-state index contributed by atoms with van der Waals surface area (Å²) < 4.78 is 34.7. The first kappa shape index (κ1) is 24.8. The molecule has 0 saturated heterocycles. The lowest BCUT2D eigenvalue weighted by molar-refractivity contribution is -0.118. The minimum atomic E-state index is -3.75. The Labute approximate surface area is 203 Å². The Hall–Kier alpha value is -2.84. The Morgan fingerprint density at radius 1 is 0.939 bits per heavy atom. The summed E-state index contributed by atoms with van der Waals surface area (Å²) in [6.07, 6.45) is 0. The summed E-state index contributed by atoms with van der Waals surface area (Å²) in [6, 6.07) is 17.2. The molecule has 0 saturated carbocycles. The van der Waals surface area contributed by atoms with Crippen LogP contribution >= 0.6 is 15.9 Å². The van der Waals surface area contributed by atoms with E-state index in [0.29, 0.717) is 17.1 Å². The first-order valence-corrected chi connectivity index (χ1v) is 12.7. The van der Waals surface area contributed by atoms with Gasteiger partial charge in [-0.2, -0.15) is 0 Å². The standard InChI is InChI=1S/C25H27BrN2O4S/c1-16(2)23-14-19(26)5-10-24(23)32-15-25(29)27-20-6-8-22(9-7-20)33(30,31)28-21-12-17(3)11-18(4)13-21/h5-14,16,28H,15H2,1-4H3,(H,27,29). The number of carbonyl (C=O) groups is 1. The normalized spacial score (nSPS) is 11.3. The molecular weight excluding hydrogens is 504 g/mol. The molecule has 0 atom stereocenters. The number of ether oxygens (including phenoxy) is 1. The van der Waals surface area contributed by atoms with Crippen molar-refractivity contribution in [3.05, 3.63) is 81.8 Å². The molecule has 0 aliphatic rings. The van der Waals surface area contributed by atoms with E-state index in [-0.39, 0.29) is 23.3 Å². The summed E-state index contributed by atoms with van der Waals surface area (Å²) in [7, 11) is -3.75. The Morgan fingerprint density at radius 3 is 2.18 bits per heavy atom. The maximum Gasteiger partial charge on any atom is 0.262 e. The van der Waals surface area contributed by atoms with Gasteiger partial charge in [0.25, 0.3) is 15.9 Å². The second-order valence-corrected chi connectivity index (χ2v) is 10.8. The molecular formula is C25H27BrN2O4S. The van der Waals surface area contributed by atoms with Crippen LogP contribution in [0.4, 0.5) is 11.4 Å². The van der Waals surface area contributed by atoms with Crippen LogP contribution in [0.15, 0.2) is 70.0 Å². The van der Waals surface area contributed by atoms with E-state index in [1.165, 1.54) is 12.1 Å². The van der Waals surface area contributed by atoms with Crippen molar-refractivity contribution in [1.82, 2.24) is 0 Å². The molecule has 3 aromatic rings. The van der Waals surface area contributed by atoms with Crippen LogP contribution in [0.1, 0.15) is 36.5 Å². The summed E-state index contributed by atoms with van der Waals surface area (Å²) in [4.78, 5) is 12.4. The Kier molecular flexibility index (Phi) is 7.81. The smallest absolute Gasteiger partial charge is 0.262 e. The quantitative estimate of drug-likeness (QED) is 0.373. The van der Waals surface area contributed by atoms with Gasteiger partial charge in [-0.25, -0.2) is 8.42 Å². The van der Waals surface area contributed by atoms with E-state index in [2.05, 4.69) is 39.8 Å². The Bertz CT molecular complexity index is 1240. The number of carbonyl (C=O) groups excluding carboxylic acids is 1. The second-order valence-electron chi connectivity index (χ2n) is 8.18. The van der Waals surface area contributed by atoms with Gasteiger partial charge in [-0.15, -0.1) is 0 Å². The number of amides is 1. The second kappa shape index (κ2) is 10.4. The van der Waals surface area contributed by atoms with Crippen LogP contribution < -0.4 is 14.8 Å². The van der Waals surface area contributed by atoms with Crippen LogP contribution in [-0.4, -0.2) is 20.9 Å². The zero-order valence-electron chi connectivity index (χ0n) is 19.0. The van der Waals surface area contributed by atoms with E-state index in [0.717, 1.165) is 21.2 Å². The molecule has 0 fully saturated rings. The highest BCUT2D eigenvalue weighted by atomic mass is 79.9. The molecule has 8 heteroatoms. The van der Waals surface area contributed by atoms with Crippen molar-refractivity contribution in [3.63, 3.8) is 0 Å². The highest BCUT2D eigenvalue weighted by Gasteiger charge is 2.15. The molecule has 3 aromatic carbocycles. The number of hydrogen-bond acceptors (Lipinski definition) is 4. The van der Waals surface area contributed by atoms with Gasteiger partial charge in [0.2, 0.25) is 0 Å². The molecule has 3 rings (SSSR count). The Balaban J connectivity index is 1.63. The average Bonchev–Trinajstić information content (AvgIpc) is 2.72. The van der Waals surface area contributed by atoms with Crippen molar-refractivity contribution in [2.45, 2.75) is 38.5 Å². The third-order valence-electron chi connectivity index (χ3n) is 4.87. The van der Waals surface area contributed by atoms with Gasteiger partial charge < -0.3 is 10.1 Å². The number of benzene rings is 3. The molecule has 174 valence electrons. The maximum atomic E-state index is 12.7. The summed E-state index contributed by atoms with van der Waals surface area (Å²) in [5.74, 6) is 0.561. The van der Waals surface area contributed by atoms with Gasteiger partial charge >= 0.3 is 0 Å². The van der Waals surface area contributed by atoms with Crippen LogP contribution in [0, 0.1) is 13.8 Å². The number of rotatable bonds is 8. The van der Waals surface area contributed by atoms with Gasteiger partial charge in [-0.05, 0) is 91.1 Å². The summed E-state index contributed by atoms with van der Waals surface area (Å²) in [5, 5.41) is 2.73. The highest BCUT2D eigenvalue weighted by Crippen LogP contribution is 2.29. The molecule has 0 aliphatic heterocycles. The fourth-order valence-electron chi connectivity index (χ4n) is 3.41. The maximum absolute atomic E-state index is 12.7. The number of hydrogen-bond donors (Lipinski definition) is 2. The molecule has 6 nitrogen and oxygen atoms in total. The molecule has 0 radical (unpaired) electrons. The number of anilines is 2. The van der Waals surface area contributed by atoms with Gasteiger partial charge in [0, 0.05) is 15.8 Å². The molecule has 2 N–H and O–H groups in total. The van der Waals surface area contributed by atoms with Crippen LogP contribution in [0.3, 0.4) is 0 Å². The van der Waals surface area contributed by atoms with Crippen LogP contribution in [0.2, 0.25) is 0 Å². The topological polar surface area (TPSA) is 84.5 Å². The largest absolute Gasteiger partial charge is 0.483 e. The molecule has 0 unspecified atom stereocenters. The number of halogens is 1. The summed E-state index contributed by atoms with van der Waals surface area (Å²) >= 11 is 3.45. The van der Waals surface area contributed by atoms with Gasteiger partial charge in [-0.1, -0.05) is 35.8 Å². The molecule has 0 aliphatic carbocycles. The first-order valence-electron chi connectivity index (χ1n) is 10.5. The van der Waals surface area contributed by atoms with Crippen molar-refractivity contribution in [3.8, 4) is 5.75 Å². The van der Waals surface area contributed by atoms with Crippen LogP contribution in [0.5, 0.6) is 5.75 Å². The predicted molar refractivity (Wildman–Crippen MR) is 136 cm³/mol. The molecule has 0 heterocycles. The van der Waals surface area contributed by atoms with Crippen LogP contribution in [-0.2, 0) is 14.8 Å². The minimum Gasteiger partial charge on any atom is -0.483 e. The van der Waals surface area contributed by atoms with Crippen molar-refractivity contribution in [2.75, 3.05) is 16.6 Å². The number of sulfonamides is 1. The zero-order valence-corrected chi connectivity index (χ0v) is 21.4. The third kappa shape index (κ3) is 6.82. The van der Waals surface area contributed by atoms with E-state index >= 15 is 0 Å². The van der Waals surface area contributed by atoms with Gasteiger partial charge in [0.1, 0.15) is 5.75 Å². The predicted octanol–water partition coefficient (Wildman–Crippen LogP) is 6.01. The van der Waals surface area contributed by atoms with E-state index in [1.54, 1.807) is 24.3 Å². The SMILES string of the molecule is Cc1cc(C)cc(NS(=O)(=O)c2ccc(NC(=O)COc3ccc(Br)cc3C(C)C)cc2)c1. The van der Waals surface area contributed by atoms with Crippen molar-refractivity contribution < 1.29 is 17.9 Å². The monoisotopic (exact) mass is 530 g/mol. The first-order chi connectivity index (χ1) is 15.5. The lowest BCUT2D eigenvalue weighted by atomic mass is 10.0.